The monoisotopic (exact) mass is 316 g/mol. The fourth-order valence-corrected chi connectivity index (χ4v) is 2.24. The highest BCUT2D eigenvalue weighted by atomic mass is 16.4. The van der Waals surface area contributed by atoms with Gasteiger partial charge in [-0.25, -0.2) is 4.98 Å². The number of aliphatic hydroxyl groups excluding tert-OH is 1. The molecular weight excluding hydrogens is 292 g/mol. The van der Waals surface area contributed by atoms with Crippen LogP contribution in [-0.4, -0.2) is 29.1 Å². The van der Waals surface area contributed by atoms with Crippen LogP contribution in [0, 0.1) is 12.3 Å². The lowest BCUT2D eigenvalue weighted by Crippen LogP contribution is -2.35. The zero-order valence-electron chi connectivity index (χ0n) is 13.9. The van der Waals surface area contributed by atoms with E-state index in [0.29, 0.717) is 30.3 Å². The molecule has 23 heavy (non-hydrogen) atoms. The van der Waals surface area contributed by atoms with E-state index in [-0.39, 0.29) is 24.3 Å². The molecular formula is C18H24N2O3. The molecule has 2 N–H and O–H groups in total. The first kappa shape index (κ1) is 17.2. The van der Waals surface area contributed by atoms with Crippen molar-refractivity contribution in [2.24, 2.45) is 5.41 Å². The first-order valence-electron chi connectivity index (χ1n) is 7.80. The van der Waals surface area contributed by atoms with Gasteiger partial charge in [0.2, 0.25) is 11.8 Å². The maximum absolute atomic E-state index is 12.1. The van der Waals surface area contributed by atoms with Gasteiger partial charge in [-0.1, -0.05) is 32.0 Å². The molecule has 0 radical (unpaired) electrons. The highest BCUT2D eigenvalue weighted by molar-refractivity contribution is 5.78. The molecule has 0 fully saturated rings. The van der Waals surface area contributed by atoms with Crippen molar-refractivity contribution >= 4 is 5.91 Å². The maximum Gasteiger partial charge on any atom is 0.226 e. The summed E-state index contributed by atoms with van der Waals surface area (Å²) in [6, 6.07) is 9.62. The third kappa shape index (κ3) is 4.93. The normalized spacial score (nSPS) is 11.5. The molecule has 1 aromatic carbocycles. The summed E-state index contributed by atoms with van der Waals surface area (Å²) in [5.41, 5.74) is 1.42. The molecule has 1 heterocycles. The van der Waals surface area contributed by atoms with Crippen LogP contribution in [0.2, 0.25) is 0 Å². The minimum Gasteiger partial charge on any atom is -0.441 e. The highest BCUT2D eigenvalue weighted by Crippen LogP contribution is 2.22. The Labute approximate surface area is 136 Å². The number of carbonyl (C=O) groups is 1. The summed E-state index contributed by atoms with van der Waals surface area (Å²) >= 11 is 0. The minimum absolute atomic E-state index is 0.0907. The van der Waals surface area contributed by atoms with E-state index in [0.717, 1.165) is 5.56 Å². The van der Waals surface area contributed by atoms with Crippen LogP contribution >= 0.6 is 0 Å². The second-order valence-electron chi connectivity index (χ2n) is 6.48. The van der Waals surface area contributed by atoms with Crippen molar-refractivity contribution in [3.05, 3.63) is 41.8 Å². The van der Waals surface area contributed by atoms with E-state index >= 15 is 0 Å². The third-order valence-corrected chi connectivity index (χ3v) is 3.79. The average molecular weight is 316 g/mol. The number of amides is 1. The summed E-state index contributed by atoms with van der Waals surface area (Å²) in [6.07, 6.45) is 0.839. The number of hydrogen-bond donors (Lipinski definition) is 2. The molecule has 0 aliphatic carbocycles. The lowest BCUT2D eigenvalue weighted by atomic mass is 9.90. The van der Waals surface area contributed by atoms with Crippen LogP contribution in [0.25, 0.3) is 11.5 Å². The molecule has 124 valence electrons. The molecule has 2 rings (SSSR count). The molecule has 0 unspecified atom stereocenters. The van der Waals surface area contributed by atoms with Crippen LogP contribution in [0.15, 0.2) is 34.7 Å². The second kappa shape index (κ2) is 7.42. The van der Waals surface area contributed by atoms with Gasteiger partial charge in [-0.3, -0.25) is 4.79 Å². The summed E-state index contributed by atoms with van der Waals surface area (Å²) in [5, 5.41) is 11.9. The van der Waals surface area contributed by atoms with Gasteiger partial charge in [0.1, 0.15) is 5.76 Å². The highest BCUT2D eigenvalue weighted by Gasteiger charge is 2.19. The molecule has 1 aromatic heterocycles. The Morgan fingerprint density at radius 3 is 2.65 bits per heavy atom. The number of hydrogen-bond acceptors (Lipinski definition) is 4. The van der Waals surface area contributed by atoms with Crippen LogP contribution in [0.5, 0.6) is 0 Å². The Kier molecular flexibility index (Phi) is 5.55. The van der Waals surface area contributed by atoms with E-state index in [2.05, 4.69) is 10.3 Å². The Morgan fingerprint density at radius 2 is 2.00 bits per heavy atom. The minimum atomic E-state index is -0.127. The molecule has 0 aliphatic heterocycles. The summed E-state index contributed by atoms with van der Waals surface area (Å²) in [5.74, 6) is 1.10. The van der Waals surface area contributed by atoms with Gasteiger partial charge in [-0.15, -0.1) is 0 Å². The van der Waals surface area contributed by atoms with Crippen molar-refractivity contribution in [1.82, 2.24) is 10.3 Å². The molecule has 1 amide bonds. The van der Waals surface area contributed by atoms with Crippen molar-refractivity contribution < 1.29 is 14.3 Å². The molecule has 0 bridgehead atoms. The predicted molar refractivity (Wildman–Crippen MR) is 88.9 cm³/mol. The number of aryl methyl sites for hydroxylation is 1. The SMILES string of the molecule is Cc1oc(-c2ccccc2)nc1CC(=O)NCC(C)(C)CCO. The number of nitrogens with zero attached hydrogens (tertiary/aromatic N) is 1. The second-order valence-corrected chi connectivity index (χ2v) is 6.48. The summed E-state index contributed by atoms with van der Waals surface area (Å²) in [6.45, 7) is 6.48. The lowest BCUT2D eigenvalue weighted by Gasteiger charge is -2.23. The van der Waals surface area contributed by atoms with E-state index < -0.39 is 0 Å². The van der Waals surface area contributed by atoms with Gasteiger partial charge >= 0.3 is 0 Å². The number of nitrogens with one attached hydrogen (secondary N) is 1. The molecule has 5 heteroatoms. The van der Waals surface area contributed by atoms with Crippen LogP contribution in [0.1, 0.15) is 31.7 Å². The van der Waals surface area contributed by atoms with Crippen molar-refractivity contribution in [2.75, 3.05) is 13.2 Å². The first-order chi connectivity index (χ1) is 10.9. The average Bonchev–Trinajstić information content (AvgIpc) is 2.87. The standard InChI is InChI=1S/C18H24N2O3/c1-13-15(11-16(22)19-12-18(2,3)9-10-21)20-17(23-13)14-7-5-4-6-8-14/h4-8,21H,9-12H2,1-3H3,(H,19,22). The molecule has 2 aromatic rings. The van der Waals surface area contributed by atoms with E-state index in [4.69, 9.17) is 9.52 Å². The molecule has 0 aliphatic rings. The number of benzene rings is 1. The molecule has 0 saturated heterocycles. The van der Waals surface area contributed by atoms with Gasteiger partial charge in [0.15, 0.2) is 0 Å². The lowest BCUT2D eigenvalue weighted by molar-refractivity contribution is -0.121. The van der Waals surface area contributed by atoms with E-state index in [1.165, 1.54) is 0 Å². The van der Waals surface area contributed by atoms with Crippen LogP contribution in [0.3, 0.4) is 0 Å². The third-order valence-electron chi connectivity index (χ3n) is 3.79. The fourth-order valence-electron chi connectivity index (χ4n) is 2.24. The Balaban J connectivity index is 1.98. The van der Waals surface area contributed by atoms with Crippen molar-refractivity contribution in [1.29, 1.82) is 0 Å². The molecule has 0 atom stereocenters. The zero-order valence-corrected chi connectivity index (χ0v) is 13.9. The van der Waals surface area contributed by atoms with Crippen molar-refractivity contribution in [3.8, 4) is 11.5 Å². The van der Waals surface area contributed by atoms with Crippen LogP contribution in [0.4, 0.5) is 0 Å². The van der Waals surface area contributed by atoms with Gasteiger partial charge in [-0.05, 0) is 30.9 Å². The van der Waals surface area contributed by atoms with E-state index in [1.807, 2.05) is 51.1 Å². The van der Waals surface area contributed by atoms with Gasteiger partial charge in [0.25, 0.3) is 0 Å². The quantitative estimate of drug-likeness (QED) is 0.823. The summed E-state index contributed by atoms with van der Waals surface area (Å²) in [7, 11) is 0. The number of aromatic nitrogens is 1. The van der Waals surface area contributed by atoms with Crippen molar-refractivity contribution in [2.45, 2.75) is 33.6 Å². The van der Waals surface area contributed by atoms with Crippen LogP contribution in [-0.2, 0) is 11.2 Å². The Hall–Kier alpha value is -2.14. The number of oxazole rings is 1. The zero-order chi connectivity index (χ0) is 16.9. The predicted octanol–water partition coefficient (Wildman–Crippen LogP) is 2.72. The maximum atomic E-state index is 12.1. The number of carbonyl (C=O) groups excluding carboxylic acids is 1. The molecule has 5 nitrogen and oxygen atoms in total. The van der Waals surface area contributed by atoms with Gasteiger partial charge in [0, 0.05) is 18.7 Å². The van der Waals surface area contributed by atoms with Crippen molar-refractivity contribution in [3.63, 3.8) is 0 Å². The summed E-state index contributed by atoms with van der Waals surface area (Å²) < 4.78 is 5.66. The topological polar surface area (TPSA) is 75.4 Å². The van der Waals surface area contributed by atoms with Gasteiger partial charge < -0.3 is 14.8 Å². The largest absolute Gasteiger partial charge is 0.441 e. The first-order valence-corrected chi connectivity index (χ1v) is 7.80. The molecule has 0 saturated carbocycles. The summed E-state index contributed by atoms with van der Waals surface area (Å²) in [4.78, 5) is 16.5. The van der Waals surface area contributed by atoms with E-state index in [1.54, 1.807) is 0 Å². The smallest absolute Gasteiger partial charge is 0.226 e. The van der Waals surface area contributed by atoms with E-state index in [9.17, 15) is 4.79 Å². The Morgan fingerprint density at radius 1 is 1.30 bits per heavy atom. The number of rotatable bonds is 7. The van der Waals surface area contributed by atoms with Crippen LogP contribution < -0.4 is 5.32 Å². The number of aliphatic hydroxyl groups is 1. The molecule has 0 spiro atoms. The van der Waals surface area contributed by atoms with Gasteiger partial charge in [-0.2, -0.15) is 0 Å². The Bertz CT molecular complexity index is 648. The van der Waals surface area contributed by atoms with Gasteiger partial charge in [0.05, 0.1) is 12.1 Å². The fraction of sp³-hybridized carbons (Fsp3) is 0.444.